The Kier molecular flexibility index (Phi) is 3.57. The van der Waals surface area contributed by atoms with E-state index in [4.69, 9.17) is 0 Å². The highest BCUT2D eigenvalue weighted by molar-refractivity contribution is 6.04. The second kappa shape index (κ2) is 5.14. The molecular weight excluding hydrogens is 232 g/mol. The van der Waals surface area contributed by atoms with Crippen molar-refractivity contribution in [2.45, 2.75) is 19.5 Å². The van der Waals surface area contributed by atoms with Crippen molar-refractivity contribution in [3.05, 3.63) is 23.9 Å². The molecule has 2 amide bonds. The van der Waals surface area contributed by atoms with Gasteiger partial charge in [0.05, 0.1) is 6.54 Å². The average molecular weight is 248 g/mol. The standard InChI is InChI=1S/C12H16N4O2/c1-8-12(18)15-11(17)7-16(8)10-4-3-9(5-13-2)6-14-10/h3-4,6,8,13H,5,7H2,1-2H3,(H,15,17,18). The minimum atomic E-state index is -0.384. The predicted octanol–water partition coefficient (Wildman–Crippen LogP) is -0.348. The lowest BCUT2D eigenvalue weighted by Gasteiger charge is -2.32. The van der Waals surface area contributed by atoms with Crippen molar-refractivity contribution in [1.82, 2.24) is 15.6 Å². The minimum Gasteiger partial charge on any atom is -0.336 e. The van der Waals surface area contributed by atoms with Crippen LogP contribution in [0.3, 0.4) is 0 Å². The number of piperazine rings is 1. The lowest BCUT2D eigenvalue weighted by atomic mass is 10.2. The molecule has 1 fully saturated rings. The first-order valence-electron chi connectivity index (χ1n) is 5.81. The third kappa shape index (κ3) is 2.48. The van der Waals surface area contributed by atoms with Crippen molar-refractivity contribution in [2.24, 2.45) is 0 Å². The second-order valence-electron chi connectivity index (χ2n) is 4.27. The quantitative estimate of drug-likeness (QED) is 0.715. The van der Waals surface area contributed by atoms with E-state index >= 15 is 0 Å². The van der Waals surface area contributed by atoms with Crippen LogP contribution in [0, 0.1) is 0 Å². The summed E-state index contributed by atoms with van der Waals surface area (Å²) in [5.74, 6) is 0.0668. The van der Waals surface area contributed by atoms with Gasteiger partial charge in [0.2, 0.25) is 11.8 Å². The number of rotatable bonds is 3. The summed E-state index contributed by atoms with van der Waals surface area (Å²) in [6.45, 7) is 2.65. The molecule has 2 rings (SSSR count). The topological polar surface area (TPSA) is 74.3 Å². The zero-order valence-corrected chi connectivity index (χ0v) is 10.4. The van der Waals surface area contributed by atoms with E-state index in [2.05, 4.69) is 15.6 Å². The summed E-state index contributed by atoms with van der Waals surface area (Å²) in [5, 5.41) is 5.34. The molecule has 0 aromatic carbocycles. The summed E-state index contributed by atoms with van der Waals surface area (Å²) in [4.78, 5) is 28.9. The molecular formula is C12H16N4O2. The Labute approximate surface area is 105 Å². The summed E-state index contributed by atoms with van der Waals surface area (Å²) in [7, 11) is 1.86. The Hall–Kier alpha value is -1.95. The zero-order chi connectivity index (χ0) is 13.1. The Morgan fingerprint density at radius 1 is 1.50 bits per heavy atom. The molecule has 1 atom stereocenters. The van der Waals surface area contributed by atoms with Gasteiger partial charge < -0.3 is 10.2 Å². The Balaban J connectivity index is 2.19. The van der Waals surface area contributed by atoms with Gasteiger partial charge in [0.15, 0.2) is 0 Å². The van der Waals surface area contributed by atoms with Crippen LogP contribution < -0.4 is 15.5 Å². The molecule has 0 bridgehead atoms. The van der Waals surface area contributed by atoms with Crippen molar-refractivity contribution in [3.63, 3.8) is 0 Å². The molecule has 2 heterocycles. The first kappa shape index (κ1) is 12.5. The molecule has 1 aromatic rings. The number of hydrogen-bond donors (Lipinski definition) is 2. The van der Waals surface area contributed by atoms with Gasteiger partial charge in [-0.15, -0.1) is 0 Å². The molecule has 1 saturated heterocycles. The fraction of sp³-hybridized carbons (Fsp3) is 0.417. The zero-order valence-electron chi connectivity index (χ0n) is 10.4. The predicted molar refractivity (Wildman–Crippen MR) is 67.0 cm³/mol. The number of nitrogens with one attached hydrogen (secondary N) is 2. The first-order valence-corrected chi connectivity index (χ1v) is 5.81. The molecule has 0 saturated carbocycles. The highest BCUT2D eigenvalue weighted by atomic mass is 16.2. The number of imide groups is 1. The summed E-state index contributed by atoms with van der Waals surface area (Å²) in [5.41, 5.74) is 1.06. The van der Waals surface area contributed by atoms with Crippen LogP contribution in [0.2, 0.25) is 0 Å². The highest BCUT2D eigenvalue weighted by Gasteiger charge is 2.30. The van der Waals surface area contributed by atoms with Crippen molar-refractivity contribution >= 4 is 17.6 Å². The molecule has 1 aliphatic heterocycles. The van der Waals surface area contributed by atoms with Gasteiger partial charge in [0, 0.05) is 12.7 Å². The lowest BCUT2D eigenvalue weighted by Crippen LogP contribution is -2.57. The number of anilines is 1. The third-order valence-electron chi connectivity index (χ3n) is 2.91. The van der Waals surface area contributed by atoms with E-state index in [9.17, 15) is 9.59 Å². The fourth-order valence-electron chi connectivity index (χ4n) is 1.89. The van der Waals surface area contributed by atoms with E-state index < -0.39 is 0 Å². The van der Waals surface area contributed by atoms with Crippen LogP contribution >= 0.6 is 0 Å². The summed E-state index contributed by atoms with van der Waals surface area (Å²) < 4.78 is 0. The highest BCUT2D eigenvalue weighted by Crippen LogP contribution is 2.16. The first-order chi connectivity index (χ1) is 8.61. The van der Waals surface area contributed by atoms with E-state index in [1.165, 1.54) is 0 Å². The molecule has 6 heteroatoms. The number of carbonyl (C=O) groups is 2. The molecule has 2 N–H and O–H groups in total. The number of aromatic nitrogens is 1. The van der Waals surface area contributed by atoms with Gasteiger partial charge >= 0.3 is 0 Å². The van der Waals surface area contributed by atoms with E-state index in [0.29, 0.717) is 5.82 Å². The molecule has 1 aromatic heterocycles. The van der Waals surface area contributed by atoms with Gasteiger partial charge in [-0.3, -0.25) is 14.9 Å². The Morgan fingerprint density at radius 2 is 2.28 bits per heavy atom. The molecule has 0 aliphatic carbocycles. The van der Waals surface area contributed by atoms with Crippen LogP contribution in [0.15, 0.2) is 18.3 Å². The summed E-state index contributed by atoms with van der Waals surface area (Å²) in [6.07, 6.45) is 1.75. The van der Waals surface area contributed by atoms with E-state index in [1.807, 2.05) is 19.2 Å². The fourth-order valence-corrected chi connectivity index (χ4v) is 1.89. The van der Waals surface area contributed by atoms with Crippen LogP contribution in [-0.4, -0.2) is 36.4 Å². The van der Waals surface area contributed by atoms with Crippen molar-refractivity contribution in [1.29, 1.82) is 0 Å². The summed E-state index contributed by atoms with van der Waals surface area (Å²) >= 11 is 0. The van der Waals surface area contributed by atoms with Gasteiger partial charge in [-0.25, -0.2) is 4.98 Å². The van der Waals surface area contributed by atoms with Crippen molar-refractivity contribution in [2.75, 3.05) is 18.5 Å². The van der Waals surface area contributed by atoms with Gasteiger partial charge in [0.25, 0.3) is 0 Å². The van der Waals surface area contributed by atoms with Crippen LogP contribution in [-0.2, 0) is 16.1 Å². The van der Waals surface area contributed by atoms with E-state index in [1.54, 1.807) is 18.0 Å². The molecule has 96 valence electrons. The SMILES string of the molecule is CNCc1ccc(N2CC(=O)NC(=O)C2C)nc1. The normalized spacial score (nSPS) is 19.9. The third-order valence-corrected chi connectivity index (χ3v) is 2.91. The molecule has 0 spiro atoms. The maximum absolute atomic E-state index is 11.5. The smallest absolute Gasteiger partial charge is 0.249 e. The number of carbonyl (C=O) groups excluding carboxylic acids is 2. The number of amides is 2. The van der Waals surface area contributed by atoms with E-state index in [0.717, 1.165) is 12.1 Å². The van der Waals surface area contributed by atoms with Gasteiger partial charge in [0.1, 0.15) is 11.9 Å². The second-order valence-corrected chi connectivity index (χ2v) is 4.27. The Bertz CT molecular complexity index is 458. The van der Waals surface area contributed by atoms with E-state index in [-0.39, 0.29) is 24.4 Å². The molecule has 18 heavy (non-hydrogen) atoms. The number of hydrogen-bond acceptors (Lipinski definition) is 5. The van der Waals surface area contributed by atoms with Crippen LogP contribution in [0.4, 0.5) is 5.82 Å². The van der Waals surface area contributed by atoms with Crippen molar-refractivity contribution in [3.8, 4) is 0 Å². The van der Waals surface area contributed by atoms with Gasteiger partial charge in [-0.1, -0.05) is 6.07 Å². The largest absolute Gasteiger partial charge is 0.336 e. The maximum Gasteiger partial charge on any atom is 0.249 e. The maximum atomic E-state index is 11.5. The Morgan fingerprint density at radius 3 is 2.89 bits per heavy atom. The monoisotopic (exact) mass is 248 g/mol. The van der Waals surface area contributed by atoms with Gasteiger partial charge in [-0.05, 0) is 25.6 Å². The number of nitrogens with zero attached hydrogens (tertiary/aromatic N) is 2. The van der Waals surface area contributed by atoms with Gasteiger partial charge in [-0.2, -0.15) is 0 Å². The molecule has 1 unspecified atom stereocenters. The number of pyridine rings is 1. The lowest BCUT2D eigenvalue weighted by molar-refractivity contribution is -0.132. The molecule has 0 radical (unpaired) electrons. The minimum absolute atomic E-state index is 0.158. The van der Waals surface area contributed by atoms with Crippen molar-refractivity contribution < 1.29 is 9.59 Å². The van der Waals surface area contributed by atoms with Crippen LogP contribution in [0.25, 0.3) is 0 Å². The summed E-state index contributed by atoms with van der Waals surface area (Å²) in [6, 6.07) is 3.38. The molecule has 1 aliphatic rings. The molecule has 6 nitrogen and oxygen atoms in total. The average Bonchev–Trinajstić information content (AvgIpc) is 2.35. The van der Waals surface area contributed by atoms with Crippen LogP contribution in [0.1, 0.15) is 12.5 Å². The van der Waals surface area contributed by atoms with Crippen LogP contribution in [0.5, 0.6) is 0 Å².